The van der Waals surface area contributed by atoms with Crippen molar-refractivity contribution in [3.8, 4) is 0 Å². The Morgan fingerprint density at radius 2 is 1.69 bits per heavy atom. The van der Waals surface area contributed by atoms with E-state index in [1.807, 2.05) is 6.92 Å². The maximum absolute atomic E-state index is 8.76. The number of hydrogen-bond donors (Lipinski definition) is 2. The molecule has 2 nitrogen and oxygen atoms in total. The Kier molecular flexibility index (Phi) is 7.29. The highest BCUT2D eigenvalue weighted by atomic mass is 16.3. The summed E-state index contributed by atoms with van der Waals surface area (Å²) in [4.78, 5) is 0. The third kappa shape index (κ3) is 8.26. The molecule has 0 bridgehead atoms. The summed E-state index contributed by atoms with van der Waals surface area (Å²) < 4.78 is 0. The van der Waals surface area contributed by atoms with Gasteiger partial charge in [-0.2, -0.15) is 0 Å². The lowest BCUT2D eigenvalue weighted by atomic mass is 9.92. The lowest BCUT2D eigenvalue weighted by molar-refractivity contribution is 0.237. The van der Waals surface area contributed by atoms with Crippen LogP contribution in [0.15, 0.2) is 0 Å². The first-order valence-corrected chi connectivity index (χ1v) is 5.52. The van der Waals surface area contributed by atoms with Gasteiger partial charge in [-0.3, -0.25) is 0 Å². The Hall–Kier alpha value is -0.0800. The molecule has 0 aromatic heterocycles. The van der Waals surface area contributed by atoms with Crippen LogP contribution < -0.4 is 5.73 Å². The van der Waals surface area contributed by atoms with Crippen LogP contribution in [0.25, 0.3) is 0 Å². The fourth-order valence-corrected chi connectivity index (χ4v) is 1.51. The molecule has 0 radical (unpaired) electrons. The van der Waals surface area contributed by atoms with E-state index in [0.717, 1.165) is 12.8 Å². The van der Waals surface area contributed by atoms with Crippen LogP contribution in [-0.2, 0) is 0 Å². The predicted octanol–water partition coefficient (Wildman–Crippen LogP) is 2.45. The Morgan fingerprint density at radius 3 is 2.23 bits per heavy atom. The van der Waals surface area contributed by atoms with Crippen molar-refractivity contribution in [2.24, 2.45) is 5.73 Å². The van der Waals surface area contributed by atoms with E-state index in [1.165, 1.54) is 32.1 Å². The van der Waals surface area contributed by atoms with E-state index in [9.17, 15) is 0 Å². The summed E-state index contributed by atoms with van der Waals surface area (Å²) in [7, 11) is 0. The van der Waals surface area contributed by atoms with E-state index in [0.29, 0.717) is 0 Å². The molecule has 0 aromatic rings. The second kappa shape index (κ2) is 7.34. The lowest BCUT2D eigenvalue weighted by Crippen LogP contribution is -2.36. The number of hydrogen-bond acceptors (Lipinski definition) is 2. The second-order valence-corrected chi connectivity index (χ2v) is 4.29. The van der Waals surface area contributed by atoms with Gasteiger partial charge in [0.15, 0.2) is 0 Å². The zero-order valence-corrected chi connectivity index (χ0v) is 9.18. The molecular weight excluding hydrogens is 162 g/mol. The smallest absolute Gasteiger partial charge is 0.0448 e. The summed E-state index contributed by atoms with van der Waals surface area (Å²) in [5.41, 5.74) is 5.83. The average molecular weight is 187 g/mol. The van der Waals surface area contributed by atoms with Gasteiger partial charge in [0.2, 0.25) is 0 Å². The summed E-state index contributed by atoms with van der Waals surface area (Å²) in [6, 6.07) is 0. The van der Waals surface area contributed by atoms with E-state index < -0.39 is 0 Å². The van der Waals surface area contributed by atoms with Crippen LogP contribution in [0, 0.1) is 0 Å². The molecule has 0 fully saturated rings. The van der Waals surface area contributed by atoms with Crippen LogP contribution in [0.3, 0.4) is 0 Å². The maximum atomic E-state index is 8.76. The summed E-state index contributed by atoms with van der Waals surface area (Å²) in [6.07, 6.45) is 8.20. The fourth-order valence-electron chi connectivity index (χ4n) is 1.51. The Morgan fingerprint density at radius 1 is 1.08 bits per heavy atom. The minimum atomic E-state index is -0.152. The molecule has 80 valence electrons. The van der Waals surface area contributed by atoms with Gasteiger partial charge in [0, 0.05) is 12.1 Å². The molecule has 0 spiro atoms. The zero-order chi connectivity index (χ0) is 10.2. The number of rotatable bonds is 8. The van der Waals surface area contributed by atoms with Crippen molar-refractivity contribution in [2.45, 2.75) is 64.3 Å². The molecule has 0 saturated heterocycles. The van der Waals surface area contributed by atoms with E-state index in [1.54, 1.807) is 0 Å². The summed E-state index contributed by atoms with van der Waals surface area (Å²) >= 11 is 0. The van der Waals surface area contributed by atoms with Crippen LogP contribution in [-0.4, -0.2) is 17.3 Å². The van der Waals surface area contributed by atoms with Crippen molar-refractivity contribution in [3.05, 3.63) is 0 Å². The van der Waals surface area contributed by atoms with Crippen molar-refractivity contribution in [1.29, 1.82) is 0 Å². The van der Waals surface area contributed by atoms with Gasteiger partial charge in [0.25, 0.3) is 0 Å². The second-order valence-electron chi connectivity index (χ2n) is 4.29. The highest BCUT2D eigenvalue weighted by molar-refractivity contribution is 4.77. The molecule has 0 aliphatic carbocycles. The summed E-state index contributed by atoms with van der Waals surface area (Å²) in [5, 5.41) is 8.76. The summed E-state index contributed by atoms with van der Waals surface area (Å²) in [5.74, 6) is 0. The van der Waals surface area contributed by atoms with E-state index in [2.05, 4.69) is 6.92 Å². The Labute approximate surface area is 82.5 Å². The van der Waals surface area contributed by atoms with Gasteiger partial charge < -0.3 is 10.8 Å². The van der Waals surface area contributed by atoms with Crippen LogP contribution in [0.1, 0.15) is 58.8 Å². The minimum Gasteiger partial charge on any atom is -0.396 e. The summed E-state index contributed by atoms with van der Waals surface area (Å²) in [6.45, 7) is 4.46. The molecule has 3 N–H and O–H groups in total. The van der Waals surface area contributed by atoms with Crippen LogP contribution in [0.4, 0.5) is 0 Å². The molecule has 0 rings (SSSR count). The molecular formula is C11H25NO. The average Bonchev–Trinajstić information content (AvgIpc) is 2.04. The highest BCUT2D eigenvalue weighted by Gasteiger charge is 2.16. The van der Waals surface area contributed by atoms with Crippen LogP contribution in [0.5, 0.6) is 0 Å². The van der Waals surface area contributed by atoms with Crippen LogP contribution in [0.2, 0.25) is 0 Å². The fraction of sp³-hybridized carbons (Fsp3) is 1.00. The van der Waals surface area contributed by atoms with E-state index >= 15 is 0 Å². The number of nitrogens with two attached hydrogens (primary N) is 1. The Balaban J connectivity index is 3.29. The molecule has 0 aliphatic rings. The van der Waals surface area contributed by atoms with Gasteiger partial charge in [-0.05, 0) is 19.8 Å². The van der Waals surface area contributed by atoms with Gasteiger partial charge in [0.1, 0.15) is 0 Å². The van der Waals surface area contributed by atoms with Gasteiger partial charge in [-0.1, -0.05) is 39.0 Å². The third-order valence-corrected chi connectivity index (χ3v) is 2.53. The van der Waals surface area contributed by atoms with Gasteiger partial charge in [0.05, 0.1) is 0 Å². The first kappa shape index (κ1) is 12.9. The van der Waals surface area contributed by atoms with Crippen molar-refractivity contribution >= 4 is 0 Å². The van der Waals surface area contributed by atoms with Crippen molar-refractivity contribution < 1.29 is 5.11 Å². The lowest BCUT2D eigenvalue weighted by Gasteiger charge is -2.23. The number of aliphatic hydroxyl groups is 1. The SMILES string of the molecule is CCCCCCCC(C)(N)CCO. The number of aliphatic hydroxyl groups excluding tert-OH is 1. The topological polar surface area (TPSA) is 46.2 Å². The zero-order valence-electron chi connectivity index (χ0n) is 9.18. The minimum absolute atomic E-state index is 0.152. The predicted molar refractivity (Wildman–Crippen MR) is 57.7 cm³/mol. The molecule has 0 amide bonds. The Bertz CT molecular complexity index is 113. The monoisotopic (exact) mass is 187 g/mol. The molecule has 2 heteroatoms. The normalized spacial score (nSPS) is 15.7. The van der Waals surface area contributed by atoms with E-state index in [4.69, 9.17) is 10.8 Å². The first-order chi connectivity index (χ1) is 6.12. The quantitative estimate of drug-likeness (QED) is 0.573. The van der Waals surface area contributed by atoms with Crippen molar-refractivity contribution in [2.75, 3.05) is 6.61 Å². The molecule has 1 atom stereocenters. The molecule has 0 saturated carbocycles. The van der Waals surface area contributed by atoms with Gasteiger partial charge in [-0.15, -0.1) is 0 Å². The van der Waals surface area contributed by atoms with Gasteiger partial charge in [-0.25, -0.2) is 0 Å². The van der Waals surface area contributed by atoms with Crippen molar-refractivity contribution in [3.63, 3.8) is 0 Å². The molecule has 1 unspecified atom stereocenters. The van der Waals surface area contributed by atoms with Crippen LogP contribution >= 0.6 is 0 Å². The molecule has 0 aromatic carbocycles. The first-order valence-electron chi connectivity index (χ1n) is 5.52. The standard InChI is InChI=1S/C11H25NO/c1-3-4-5-6-7-8-11(2,12)9-10-13/h13H,3-10,12H2,1-2H3. The largest absolute Gasteiger partial charge is 0.396 e. The highest BCUT2D eigenvalue weighted by Crippen LogP contribution is 2.16. The van der Waals surface area contributed by atoms with Crippen molar-refractivity contribution in [1.82, 2.24) is 0 Å². The molecule has 0 heterocycles. The molecule has 13 heavy (non-hydrogen) atoms. The van der Waals surface area contributed by atoms with E-state index in [-0.39, 0.29) is 12.1 Å². The third-order valence-electron chi connectivity index (χ3n) is 2.53. The molecule has 0 aliphatic heterocycles. The maximum Gasteiger partial charge on any atom is 0.0448 e. The number of unbranched alkanes of at least 4 members (excludes halogenated alkanes) is 4. The van der Waals surface area contributed by atoms with Gasteiger partial charge >= 0.3 is 0 Å².